The van der Waals surface area contributed by atoms with Crippen LogP contribution in [0.5, 0.6) is 5.75 Å². The molecule has 2 rings (SSSR count). The van der Waals surface area contributed by atoms with E-state index in [1.165, 1.54) is 0 Å². The van der Waals surface area contributed by atoms with Gasteiger partial charge >= 0.3 is 0 Å². The minimum Gasteiger partial charge on any atom is -0.508 e. The molecule has 0 radical (unpaired) electrons. The summed E-state index contributed by atoms with van der Waals surface area (Å²) in [5, 5.41) is 9.19. The van der Waals surface area contributed by atoms with Crippen LogP contribution >= 0.6 is 31.9 Å². The lowest BCUT2D eigenvalue weighted by Crippen LogP contribution is -1.78. The molecule has 0 aliphatic carbocycles. The van der Waals surface area contributed by atoms with E-state index in [2.05, 4.69) is 31.9 Å². The van der Waals surface area contributed by atoms with E-state index < -0.39 is 0 Å². The van der Waals surface area contributed by atoms with Gasteiger partial charge in [-0.1, -0.05) is 44.0 Å². The van der Waals surface area contributed by atoms with E-state index in [4.69, 9.17) is 0 Å². The van der Waals surface area contributed by atoms with Crippen molar-refractivity contribution in [3.8, 4) is 16.9 Å². The van der Waals surface area contributed by atoms with E-state index in [1.807, 2.05) is 30.3 Å². The van der Waals surface area contributed by atoms with Gasteiger partial charge in [-0.15, -0.1) is 0 Å². The van der Waals surface area contributed by atoms with Crippen LogP contribution in [0.3, 0.4) is 0 Å². The van der Waals surface area contributed by atoms with Crippen LogP contribution < -0.4 is 0 Å². The molecule has 2 aromatic rings. The van der Waals surface area contributed by atoms with Crippen molar-refractivity contribution in [2.24, 2.45) is 0 Å². The molecule has 3 heteroatoms. The maximum Gasteiger partial charge on any atom is 0.115 e. The predicted molar refractivity (Wildman–Crippen MR) is 68.9 cm³/mol. The number of aromatic hydroxyl groups is 1. The minimum absolute atomic E-state index is 0.285. The van der Waals surface area contributed by atoms with E-state index >= 15 is 0 Å². The molecular weight excluding hydrogens is 320 g/mol. The lowest BCUT2D eigenvalue weighted by atomic mass is 10.1. The molecule has 0 aromatic heterocycles. The topological polar surface area (TPSA) is 20.2 Å². The standard InChI is InChI=1S/C12H8Br2O/c13-10-5-9(6-11(14)7-10)8-1-3-12(15)4-2-8/h1-7,15H. The number of hydrogen-bond acceptors (Lipinski definition) is 1. The van der Waals surface area contributed by atoms with Crippen LogP contribution in [0.4, 0.5) is 0 Å². The van der Waals surface area contributed by atoms with Crippen molar-refractivity contribution in [1.82, 2.24) is 0 Å². The lowest BCUT2D eigenvalue weighted by molar-refractivity contribution is 0.475. The summed E-state index contributed by atoms with van der Waals surface area (Å²) in [6.07, 6.45) is 0. The fraction of sp³-hybridized carbons (Fsp3) is 0. The van der Waals surface area contributed by atoms with E-state index in [9.17, 15) is 5.11 Å². The van der Waals surface area contributed by atoms with Gasteiger partial charge in [0, 0.05) is 8.95 Å². The van der Waals surface area contributed by atoms with Gasteiger partial charge in [0.15, 0.2) is 0 Å². The molecule has 2 aromatic carbocycles. The monoisotopic (exact) mass is 326 g/mol. The summed E-state index contributed by atoms with van der Waals surface area (Å²) in [4.78, 5) is 0. The maximum absolute atomic E-state index is 9.19. The van der Waals surface area contributed by atoms with Crippen molar-refractivity contribution >= 4 is 31.9 Å². The molecule has 0 unspecified atom stereocenters. The molecule has 0 bridgehead atoms. The molecule has 0 heterocycles. The van der Waals surface area contributed by atoms with E-state index in [0.717, 1.165) is 20.1 Å². The highest BCUT2D eigenvalue weighted by Gasteiger charge is 2.00. The van der Waals surface area contributed by atoms with E-state index in [-0.39, 0.29) is 5.75 Å². The van der Waals surface area contributed by atoms with Crippen LogP contribution in [0.15, 0.2) is 51.4 Å². The molecule has 1 N–H and O–H groups in total. The van der Waals surface area contributed by atoms with Crippen LogP contribution in [-0.2, 0) is 0 Å². The summed E-state index contributed by atoms with van der Waals surface area (Å²) in [7, 11) is 0. The second-order valence-corrected chi connectivity index (χ2v) is 5.04. The highest BCUT2D eigenvalue weighted by molar-refractivity contribution is 9.11. The normalized spacial score (nSPS) is 10.3. The molecule has 0 amide bonds. The van der Waals surface area contributed by atoms with Crippen molar-refractivity contribution in [3.63, 3.8) is 0 Å². The molecule has 15 heavy (non-hydrogen) atoms. The number of benzene rings is 2. The van der Waals surface area contributed by atoms with Gasteiger partial charge < -0.3 is 5.11 Å². The van der Waals surface area contributed by atoms with Gasteiger partial charge in [-0.3, -0.25) is 0 Å². The van der Waals surface area contributed by atoms with Crippen LogP contribution in [0.25, 0.3) is 11.1 Å². The van der Waals surface area contributed by atoms with Gasteiger partial charge in [-0.2, -0.15) is 0 Å². The summed E-state index contributed by atoms with van der Waals surface area (Å²) in [6.45, 7) is 0. The Morgan fingerprint density at radius 1 is 0.733 bits per heavy atom. The first-order valence-electron chi connectivity index (χ1n) is 4.40. The quantitative estimate of drug-likeness (QED) is 0.812. The molecule has 1 nitrogen and oxygen atoms in total. The van der Waals surface area contributed by atoms with Crippen LogP contribution in [0.1, 0.15) is 0 Å². The first-order chi connectivity index (χ1) is 7.15. The number of rotatable bonds is 1. The van der Waals surface area contributed by atoms with Gasteiger partial charge in [0.25, 0.3) is 0 Å². The summed E-state index contributed by atoms with van der Waals surface area (Å²) in [6, 6.07) is 13.2. The largest absolute Gasteiger partial charge is 0.508 e. The smallest absolute Gasteiger partial charge is 0.115 e. The Labute approximate surface area is 105 Å². The van der Waals surface area contributed by atoms with Crippen molar-refractivity contribution in [3.05, 3.63) is 51.4 Å². The van der Waals surface area contributed by atoms with Crippen molar-refractivity contribution in [2.45, 2.75) is 0 Å². The molecule has 0 aliphatic heterocycles. The molecule has 0 saturated heterocycles. The zero-order valence-corrected chi connectivity index (χ0v) is 10.9. The first kappa shape index (κ1) is 10.7. The molecule has 0 spiro atoms. The molecule has 0 aliphatic rings. The summed E-state index contributed by atoms with van der Waals surface area (Å²) in [5.74, 6) is 0.285. The van der Waals surface area contributed by atoms with Gasteiger partial charge in [0.05, 0.1) is 0 Å². The maximum atomic E-state index is 9.19. The number of halogens is 2. The minimum atomic E-state index is 0.285. The number of phenols is 1. The van der Waals surface area contributed by atoms with Gasteiger partial charge in [0.2, 0.25) is 0 Å². The second kappa shape index (κ2) is 4.37. The highest BCUT2D eigenvalue weighted by atomic mass is 79.9. The van der Waals surface area contributed by atoms with Crippen molar-refractivity contribution < 1.29 is 5.11 Å². The van der Waals surface area contributed by atoms with E-state index in [0.29, 0.717) is 0 Å². The van der Waals surface area contributed by atoms with Crippen molar-refractivity contribution in [2.75, 3.05) is 0 Å². The van der Waals surface area contributed by atoms with Crippen molar-refractivity contribution in [1.29, 1.82) is 0 Å². The molecule has 0 atom stereocenters. The Morgan fingerprint density at radius 3 is 1.80 bits per heavy atom. The Kier molecular flexibility index (Phi) is 3.12. The molecule has 0 saturated carbocycles. The zero-order chi connectivity index (χ0) is 10.8. The third kappa shape index (κ3) is 2.61. The highest BCUT2D eigenvalue weighted by Crippen LogP contribution is 2.28. The van der Waals surface area contributed by atoms with Gasteiger partial charge in [0.1, 0.15) is 5.75 Å². The second-order valence-electron chi connectivity index (χ2n) is 3.20. The molecule has 0 fully saturated rings. The SMILES string of the molecule is Oc1ccc(-c2cc(Br)cc(Br)c2)cc1. The molecular formula is C12H8Br2O. The average molecular weight is 328 g/mol. The summed E-state index contributed by atoms with van der Waals surface area (Å²) < 4.78 is 2.06. The molecule has 76 valence electrons. The average Bonchev–Trinajstić information content (AvgIpc) is 2.17. The zero-order valence-electron chi connectivity index (χ0n) is 7.74. The Balaban J connectivity index is 2.49. The van der Waals surface area contributed by atoms with Gasteiger partial charge in [-0.25, -0.2) is 0 Å². The third-order valence-corrected chi connectivity index (χ3v) is 2.98. The fourth-order valence-corrected chi connectivity index (χ4v) is 2.67. The van der Waals surface area contributed by atoms with Crippen LogP contribution in [0.2, 0.25) is 0 Å². The number of phenolic OH excluding ortho intramolecular Hbond substituents is 1. The Hall–Kier alpha value is -0.800. The predicted octanol–water partition coefficient (Wildman–Crippen LogP) is 4.58. The Bertz CT molecular complexity index is 457. The van der Waals surface area contributed by atoms with E-state index in [1.54, 1.807) is 12.1 Å². The van der Waals surface area contributed by atoms with Crippen LogP contribution in [-0.4, -0.2) is 5.11 Å². The third-order valence-electron chi connectivity index (χ3n) is 2.06. The number of hydrogen-bond donors (Lipinski definition) is 1. The first-order valence-corrected chi connectivity index (χ1v) is 5.99. The lowest BCUT2D eigenvalue weighted by Gasteiger charge is -2.03. The van der Waals surface area contributed by atoms with Crippen LogP contribution in [0, 0.1) is 0 Å². The Morgan fingerprint density at radius 2 is 1.27 bits per heavy atom. The fourth-order valence-electron chi connectivity index (χ4n) is 1.37. The summed E-state index contributed by atoms with van der Waals surface area (Å²) >= 11 is 6.89. The summed E-state index contributed by atoms with van der Waals surface area (Å²) in [5.41, 5.74) is 2.19. The van der Waals surface area contributed by atoms with Gasteiger partial charge in [-0.05, 0) is 41.5 Å².